The Hall–Kier alpha value is -3.05. The molecule has 1 atom stereocenters. The Morgan fingerprint density at radius 2 is 1.75 bits per heavy atom. The van der Waals surface area contributed by atoms with Gasteiger partial charge in [0.15, 0.2) is 5.13 Å². The molecule has 4 nitrogen and oxygen atoms in total. The number of nitrogens with one attached hydrogen (secondary N) is 1. The summed E-state index contributed by atoms with van der Waals surface area (Å²) >= 11 is 1.79. The third-order valence-corrected chi connectivity index (χ3v) is 6.26. The predicted octanol–water partition coefficient (Wildman–Crippen LogP) is 5.81. The minimum Gasteiger partial charge on any atom is -0.332 e. The average molecular weight is 385 g/mol. The summed E-state index contributed by atoms with van der Waals surface area (Å²) in [6, 6.07) is 21.1. The van der Waals surface area contributed by atoms with Crippen LogP contribution in [0.25, 0.3) is 11.1 Å². The summed E-state index contributed by atoms with van der Waals surface area (Å²) in [6.45, 7) is 0. The zero-order chi connectivity index (χ0) is 18.8. The fraction of sp³-hybridized carbons (Fsp3) is 0.174. The Kier molecular flexibility index (Phi) is 4.59. The molecule has 0 bridgehead atoms. The maximum absolute atomic E-state index is 4.97. The largest absolute Gasteiger partial charge is 0.332 e. The van der Waals surface area contributed by atoms with Crippen LogP contribution in [0.1, 0.15) is 34.9 Å². The van der Waals surface area contributed by atoms with Gasteiger partial charge in [-0.3, -0.25) is 0 Å². The lowest BCUT2D eigenvalue weighted by molar-refractivity contribution is 0.610. The van der Waals surface area contributed by atoms with Gasteiger partial charge in [-0.2, -0.15) is 10.2 Å². The summed E-state index contributed by atoms with van der Waals surface area (Å²) in [6.07, 6.45) is 7.02. The first-order valence-corrected chi connectivity index (χ1v) is 10.4. The molecule has 5 heteroatoms. The second-order valence-electron chi connectivity index (χ2n) is 7.02. The van der Waals surface area contributed by atoms with Crippen LogP contribution in [0.4, 0.5) is 10.8 Å². The number of benzene rings is 2. The molecular weight excluding hydrogens is 364 g/mol. The van der Waals surface area contributed by atoms with Crippen molar-refractivity contribution < 1.29 is 0 Å². The smallest absolute Gasteiger partial charge is 0.187 e. The van der Waals surface area contributed by atoms with Crippen LogP contribution >= 0.6 is 11.3 Å². The lowest BCUT2D eigenvalue weighted by atomic mass is 9.85. The van der Waals surface area contributed by atoms with Gasteiger partial charge in [0.1, 0.15) is 0 Å². The molecule has 1 aliphatic rings. The number of aryl methyl sites for hydroxylation is 1. The van der Waals surface area contributed by atoms with E-state index in [2.05, 4.69) is 70.1 Å². The van der Waals surface area contributed by atoms with Gasteiger partial charge in [0.2, 0.25) is 0 Å². The van der Waals surface area contributed by atoms with Gasteiger partial charge in [-0.05, 0) is 48.6 Å². The van der Waals surface area contributed by atoms with Crippen molar-refractivity contribution in [2.75, 3.05) is 5.32 Å². The molecule has 2 aromatic heterocycles. The van der Waals surface area contributed by atoms with Gasteiger partial charge in [0.25, 0.3) is 0 Å². The van der Waals surface area contributed by atoms with E-state index < -0.39 is 0 Å². The molecule has 1 aliphatic carbocycles. The molecule has 4 aromatic rings. The van der Waals surface area contributed by atoms with Crippen molar-refractivity contribution in [2.24, 2.45) is 0 Å². The van der Waals surface area contributed by atoms with Crippen molar-refractivity contribution in [3.63, 3.8) is 0 Å². The quantitative estimate of drug-likeness (QED) is 0.482. The van der Waals surface area contributed by atoms with Gasteiger partial charge in [-0.1, -0.05) is 42.5 Å². The highest BCUT2D eigenvalue weighted by Gasteiger charge is 2.26. The molecule has 28 heavy (non-hydrogen) atoms. The highest BCUT2D eigenvalue weighted by molar-refractivity contribution is 7.15. The number of anilines is 2. The topological polar surface area (TPSA) is 50.7 Å². The average Bonchev–Trinajstić information content (AvgIpc) is 3.18. The van der Waals surface area contributed by atoms with E-state index in [-0.39, 0.29) is 0 Å². The number of hydrogen-bond acceptors (Lipinski definition) is 5. The van der Waals surface area contributed by atoms with Crippen molar-refractivity contribution in [2.45, 2.75) is 25.2 Å². The number of hydrogen-bond donors (Lipinski definition) is 1. The molecule has 2 aromatic carbocycles. The molecule has 0 radical (unpaired) electrons. The van der Waals surface area contributed by atoms with Crippen molar-refractivity contribution in [3.8, 4) is 11.1 Å². The van der Waals surface area contributed by atoms with Crippen molar-refractivity contribution in [1.82, 2.24) is 15.2 Å². The van der Waals surface area contributed by atoms with Gasteiger partial charge < -0.3 is 5.32 Å². The third-order valence-electron chi connectivity index (χ3n) is 5.21. The zero-order valence-electron chi connectivity index (χ0n) is 15.4. The van der Waals surface area contributed by atoms with Crippen LogP contribution in [-0.4, -0.2) is 15.2 Å². The van der Waals surface area contributed by atoms with Crippen LogP contribution in [0.15, 0.2) is 73.1 Å². The minimum absolute atomic E-state index is 0.415. The van der Waals surface area contributed by atoms with Gasteiger partial charge in [0.05, 0.1) is 18.1 Å². The fourth-order valence-corrected chi connectivity index (χ4v) is 4.90. The number of aromatic nitrogens is 3. The van der Waals surface area contributed by atoms with E-state index in [4.69, 9.17) is 4.98 Å². The Morgan fingerprint density at radius 1 is 0.893 bits per heavy atom. The molecule has 0 saturated carbocycles. The summed E-state index contributed by atoms with van der Waals surface area (Å²) in [5.74, 6) is 0.415. The van der Waals surface area contributed by atoms with Crippen molar-refractivity contribution in [3.05, 3.63) is 89.2 Å². The van der Waals surface area contributed by atoms with Crippen LogP contribution < -0.4 is 5.32 Å². The Balaban J connectivity index is 1.38. The summed E-state index contributed by atoms with van der Waals surface area (Å²) in [5, 5.41) is 12.3. The van der Waals surface area contributed by atoms with E-state index in [0.717, 1.165) is 28.4 Å². The number of thiazole rings is 1. The van der Waals surface area contributed by atoms with Crippen LogP contribution in [0.3, 0.4) is 0 Å². The normalized spacial score (nSPS) is 15.8. The lowest BCUT2D eigenvalue weighted by Crippen LogP contribution is -2.09. The molecule has 1 N–H and O–H groups in total. The molecule has 2 heterocycles. The minimum atomic E-state index is 0.415. The molecule has 1 unspecified atom stereocenters. The Bertz CT molecular complexity index is 1060. The van der Waals surface area contributed by atoms with E-state index >= 15 is 0 Å². The van der Waals surface area contributed by atoms with Crippen LogP contribution in [-0.2, 0) is 6.42 Å². The SMILES string of the molecule is c1ccc(C2CCCc3sc(Nc4ccc(-c5ccnnc5)cc4)nc32)cc1. The highest BCUT2D eigenvalue weighted by atomic mass is 32.1. The van der Waals surface area contributed by atoms with Gasteiger partial charge in [0, 0.05) is 22.0 Å². The van der Waals surface area contributed by atoms with E-state index in [0.29, 0.717) is 5.92 Å². The fourth-order valence-electron chi connectivity index (χ4n) is 3.81. The van der Waals surface area contributed by atoms with E-state index in [1.165, 1.54) is 29.0 Å². The molecule has 0 amide bonds. The summed E-state index contributed by atoms with van der Waals surface area (Å²) in [7, 11) is 0. The molecule has 5 rings (SSSR count). The molecule has 0 saturated heterocycles. The third kappa shape index (κ3) is 3.41. The molecule has 138 valence electrons. The zero-order valence-corrected chi connectivity index (χ0v) is 16.2. The molecule has 0 aliphatic heterocycles. The Morgan fingerprint density at radius 3 is 2.54 bits per heavy atom. The van der Waals surface area contributed by atoms with Crippen molar-refractivity contribution >= 4 is 22.2 Å². The van der Waals surface area contributed by atoms with Crippen LogP contribution in [0.5, 0.6) is 0 Å². The molecule has 0 spiro atoms. The number of fused-ring (bicyclic) bond motifs is 1. The second kappa shape index (κ2) is 7.52. The lowest BCUT2D eigenvalue weighted by Gasteiger charge is -2.21. The monoisotopic (exact) mass is 384 g/mol. The second-order valence-corrected chi connectivity index (χ2v) is 8.10. The van der Waals surface area contributed by atoms with Crippen LogP contribution in [0.2, 0.25) is 0 Å². The van der Waals surface area contributed by atoms with Gasteiger partial charge in [-0.15, -0.1) is 11.3 Å². The molecular formula is C23H20N4S. The summed E-state index contributed by atoms with van der Waals surface area (Å²) in [4.78, 5) is 6.39. The van der Waals surface area contributed by atoms with E-state index in [1.54, 1.807) is 23.7 Å². The van der Waals surface area contributed by atoms with Gasteiger partial charge in [-0.25, -0.2) is 4.98 Å². The first kappa shape index (κ1) is 17.1. The number of nitrogens with zero attached hydrogens (tertiary/aromatic N) is 3. The highest BCUT2D eigenvalue weighted by Crippen LogP contribution is 2.40. The first-order chi connectivity index (χ1) is 13.9. The Labute approximate surface area is 168 Å². The van der Waals surface area contributed by atoms with Crippen LogP contribution in [0, 0.1) is 0 Å². The summed E-state index contributed by atoms with van der Waals surface area (Å²) < 4.78 is 0. The maximum Gasteiger partial charge on any atom is 0.187 e. The molecule has 0 fully saturated rings. The predicted molar refractivity (Wildman–Crippen MR) is 114 cm³/mol. The van der Waals surface area contributed by atoms with E-state index in [9.17, 15) is 0 Å². The van der Waals surface area contributed by atoms with Crippen molar-refractivity contribution in [1.29, 1.82) is 0 Å². The first-order valence-electron chi connectivity index (χ1n) is 9.55. The standard InChI is InChI=1S/C23H20N4S/c1-2-5-17(6-3-1)20-7-4-8-21-22(20)27-23(28-21)26-19-11-9-16(10-12-19)18-13-14-24-25-15-18/h1-3,5-6,9-15,20H,4,7-8H2,(H,26,27). The number of rotatable bonds is 4. The van der Waals surface area contributed by atoms with E-state index in [1.807, 2.05) is 6.07 Å². The summed E-state index contributed by atoms with van der Waals surface area (Å²) in [5.41, 5.74) is 5.87. The van der Waals surface area contributed by atoms with Gasteiger partial charge >= 0.3 is 0 Å². The maximum atomic E-state index is 4.97.